The largest absolute Gasteiger partial charge is 0.379 e. The molecule has 0 aliphatic carbocycles. The van der Waals surface area contributed by atoms with E-state index in [1.165, 1.54) is 5.56 Å². The Labute approximate surface area is 183 Å². The highest BCUT2D eigenvalue weighted by molar-refractivity contribution is 7.09. The van der Waals surface area contributed by atoms with Crippen molar-refractivity contribution in [2.24, 2.45) is 5.92 Å². The molecule has 0 radical (unpaired) electrons. The fourth-order valence-corrected chi connectivity index (χ4v) is 5.28. The van der Waals surface area contributed by atoms with Crippen molar-refractivity contribution in [3.63, 3.8) is 0 Å². The molecule has 1 amide bonds. The van der Waals surface area contributed by atoms with Gasteiger partial charge in [0.15, 0.2) is 0 Å². The van der Waals surface area contributed by atoms with Gasteiger partial charge in [-0.1, -0.05) is 44.2 Å². The second-order valence-corrected chi connectivity index (χ2v) is 8.99. The summed E-state index contributed by atoms with van der Waals surface area (Å²) >= 11 is 1.60. The summed E-state index contributed by atoms with van der Waals surface area (Å²) in [6.07, 6.45) is 5.08. The maximum atomic E-state index is 13.3. The lowest BCUT2D eigenvalue weighted by Gasteiger charge is -2.34. The molecule has 0 unspecified atom stereocenters. The molecule has 2 aromatic rings. The number of amides is 1. The Morgan fingerprint density at radius 2 is 2.07 bits per heavy atom. The number of carbonyl (C=O) groups is 2. The van der Waals surface area contributed by atoms with E-state index in [1.54, 1.807) is 24.6 Å². The summed E-state index contributed by atoms with van der Waals surface area (Å²) in [4.78, 5) is 32.1. The Kier molecular flexibility index (Phi) is 8.16. The van der Waals surface area contributed by atoms with Gasteiger partial charge in [0.05, 0.1) is 17.2 Å². The molecule has 0 saturated carbocycles. The fraction of sp³-hybridized carbons (Fsp3) is 0.542. The fourth-order valence-electron chi connectivity index (χ4n) is 4.53. The zero-order chi connectivity index (χ0) is 21.5. The van der Waals surface area contributed by atoms with Crippen LogP contribution < -0.4 is 0 Å². The van der Waals surface area contributed by atoms with E-state index in [9.17, 15) is 9.59 Å². The number of methoxy groups -OCH3 is 1. The second-order valence-electron chi connectivity index (χ2n) is 8.07. The van der Waals surface area contributed by atoms with Crippen molar-refractivity contribution in [3.8, 4) is 0 Å². The highest BCUT2D eigenvalue weighted by Gasteiger charge is 2.39. The van der Waals surface area contributed by atoms with Gasteiger partial charge in [0.2, 0.25) is 5.91 Å². The maximum absolute atomic E-state index is 13.3. The molecule has 6 heteroatoms. The lowest BCUT2D eigenvalue weighted by molar-refractivity contribution is -0.139. The van der Waals surface area contributed by atoms with E-state index in [2.05, 4.69) is 17.1 Å². The van der Waals surface area contributed by atoms with Crippen LogP contribution >= 0.6 is 11.3 Å². The van der Waals surface area contributed by atoms with Crippen LogP contribution in [0, 0.1) is 5.92 Å². The van der Waals surface area contributed by atoms with E-state index in [1.807, 2.05) is 42.3 Å². The van der Waals surface area contributed by atoms with Gasteiger partial charge in [0, 0.05) is 49.9 Å². The molecule has 1 fully saturated rings. The molecule has 1 aromatic heterocycles. The molecule has 1 aromatic carbocycles. The third-order valence-corrected chi connectivity index (χ3v) is 7.09. The zero-order valence-electron chi connectivity index (χ0n) is 18.1. The molecule has 162 valence electrons. The Morgan fingerprint density at radius 3 is 2.70 bits per heavy atom. The summed E-state index contributed by atoms with van der Waals surface area (Å²) < 4.78 is 5.80. The Hall–Kier alpha value is -2.05. The number of benzene rings is 1. The van der Waals surface area contributed by atoms with Crippen molar-refractivity contribution in [1.29, 1.82) is 0 Å². The third-order valence-electron chi connectivity index (χ3n) is 6.15. The molecule has 30 heavy (non-hydrogen) atoms. The first-order chi connectivity index (χ1) is 14.5. The molecular formula is C24H32N2O3S. The average molecular weight is 429 g/mol. The van der Waals surface area contributed by atoms with Gasteiger partial charge in [-0.2, -0.15) is 0 Å². The number of hydrogen-bond donors (Lipinski definition) is 0. The van der Waals surface area contributed by atoms with Crippen LogP contribution in [0.4, 0.5) is 0 Å². The molecule has 2 heterocycles. The summed E-state index contributed by atoms with van der Waals surface area (Å²) in [5.74, 6) is 0.0954. The Balaban J connectivity index is 1.73. The van der Waals surface area contributed by atoms with Gasteiger partial charge in [-0.05, 0) is 24.8 Å². The topological polar surface area (TPSA) is 59.5 Å². The van der Waals surface area contributed by atoms with Crippen molar-refractivity contribution in [2.75, 3.05) is 13.7 Å². The van der Waals surface area contributed by atoms with E-state index in [0.29, 0.717) is 12.8 Å². The number of ether oxygens (including phenoxy) is 1. The van der Waals surface area contributed by atoms with E-state index in [0.717, 1.165) is 30.8 Å². The zero-order valence-corrected chi connectivity index (χ0v) is 18.9. The number of aromatic nitrogens is 1. The number of nitrogens with zero attached hydrogens (tertiary/aromatic N) is 2. The summed E-state index contributed by atoms with van der Waals surface area (Å²) in [5, 5.41) is 2.96. The summed E-state index contributed by atoms with van der Waals surface area (Å²) in [6.45, 7) is 4.59. The molecule has 4 atom stereocenters. The third kappa shape index (κ3) is 5.35. The molecule has 1 saturated heterocycles. The van der Waals surface area contributed by atoms with Gasteiger partial charge < -0.3 is 9.64 Å². The van der Waals surface area contributed by atoms with Crippen molar-refractivity contribution >= 4 is 23.0 Å². The molecular weight excluding hydrogens is 396 g/mol. The van der Waals surface area contributed by atoms with Gasteiger partial charge in [0.25, 0.3) is 0 Å². The van der Waals surface area contributed by atoms with E-state index >= 15 is 0 Å². The normalized spacial score (nSPS) is 19.4. The number of hydrogen-bond acceptors (Lipinski definition) is 5. The van der Waals surface area contributed by atoms with Crippen molar-refractivity contribution in [2.45, 2.75) is 64.0 Å². The molecule has 1 aliphatic heterocycles. The first kappa shape index (κ1) is 22.6. The maximum Gasteiger partial charge on any atom is 0.222 e. The van der Waals surface area contributed by atoms with Crippen molar-refractivity contribution < 1.29 is 14.3 Å². The number of ketones is 1. The summed E-state index contributed by atoms with van der Waals surface area (Å²) in [7, 11) is 1.66. The van der Waals surface area contributed by atoms with Crippen LogP contribution in [0.25, 0.3) is 0 Å². The predicted molar refractivity (Wildman–Crippen MR) is 120 cm³/mol. The second kappa shape index (κ2) is 10.8. The number of Topliss-reactive ketones (excluding diaryl/α,β-unsaturated/α-hetero) is 1. The lowest BCUT2D eigenvalue weighted by atomic mass is 9.86. The van der Waals surface area contributed by atoms with Crippen LogP contribution in [0.5, 0.6) is 0 Å². The highest BCUT2D eigenvalue weighted by Crippen LogP contribution is 2.31. The molecule has 3 rings (SSSR count). The van der Waals surface area contributed by atoms with Gasteiger partial charge >= 0.3 is 0 Å². The van der Waals surface area contributed by atoms with Crippen LogP contribution in [0.15, 0.2) is 41.9 Å². The summed E-state index contributed by atoms with van der Waals surface area (Å²) in [5.41, 5.74) is 1.21. The number of rotatable bonds is 10. The van der Waals surface area contributed by atoms with Crippen molar-refractivity contribution in [1.82, 2.24) is 9.88 Å². The SMILES string of the molecule is CCC(=O)N1CCC[C@H]1[C@H](OC)[C@@H](C)C(=O)C[C@@H](Cc1ccccc1)c1nccs1. The lowest BCUT2D eigenvalue weighted by Crippen LogP contribution is -2.47. The Bertz CT molecular complexity index is 809. The van der Waals surface area contributed by atoms with E-state index in [-0.39, 0.29) is 35.7 Å². The minimum atomic E-state index is -0.275. The van der Waals surface area contributed by atoms with E-state index < -0.39 is 0 Å². The molecule has 0 bridgehead atoms. The number of carbonyl (C=O) groups excluding carboxylic acids is 2. The van der Waals surface area contributed by atoms with Crippen LogP contribution in [-0.2, 0) is 20.7 Å². The average Bonchev–Trinajstić information content (AvgIpc) is 3.46. The van der Waals surface area contributed by atoms with Gasteiger partial charge in [0.1, 0.15) is 5.78 Å². The van der Waals surface area contributed by atoms with Gasteiger partial charge in [-0.15, -0.1) is 11.3 Å². The molecule has 5 nitrogen and oxygen atoms in total. The minimum Gasteiger partial charge on any atom is -0.379 e. The smallest absolute Gasteiger partial charge is 0.222 e. The predicted octanol–water partition coefficient (Wildman–Crippen LogP) is 4.48. The monoisotopic (exact) mass is 428 g/mol. The first-order valence-electron chi connectivity index (χ1n) is 10.8. The first-order valence-corrected chi connectivity index (χ1v) is 11.7. The standard InChI is InChI=1S/C24H32N2O3S/c1-4-22(28)26-13-8-11-20(26)23(29-3)17(2)21(27)16-19(24-25-12-14-30-24)15-18-9-6-5-7-10-18/h5-7,9-10,12,14,17,19-20,23H,4,8,11,13,15-16H2,1-3H3/t17-,19+,20-,23+/m0/s1. The number of thiazole rings is 1. The highest BCUT2D eigenvalue weighted by atomic mass is 32.1. The molecule has 1 aliphatic rings. The number of likely N-dealkylation sites (tertiary alicyclic amines) is 1. The quantitative estimate of drug-likeness (QED) is 0.560. The van der Waals surface area contributed by atoms with Crippen LogP contribution in [-0.4, -0.2) is 47.4 Å². The van der Waals surface area contributed by atoms with Crippen LogP contribution in [0.1, 0.15) is 56.0 Å². The van der Waals surface area contributed by atoms with Crippen LogP contribution in [0.2, 0.25) is 0 Å². The Morgan fingerprint density at radius 1 is 1.30 bits per heavy atom. The van der Waals surface area contributed by atoms with Gasteiger partial charge in [-0.25, -0.2) is 4.98 Å². The van der Waals surface area contributed by atoms with E-state index in [4.69, 9.17) is 4.74 Å². The molecule has 0 spiro atoms. The van der Waals surface area contributed by atoms with Crippen molar-refractivity contribution in [3.05, 3.63) is 52.5 Å². The molecule has 0 N–H and O–H groups in total. The van der Waals surface area contributed by atoms with Crippen LogP contribution in [0.3, 0.4) is 0 Å². The summed E-state index contributed by atoms with van der Waals surface area (Å²) in [6, 6.07) is 10.2. The minimum absolute atomic E-state index is 0.0196. The van der Waals surface area contributed by atoms with Gasteiger partial charge in [-0.3, -0.25) is 9.59 Å².